The average Bonchev–Trinajstić information content (AvgIpc) is 2.41. The molecule has 1 amide bonds. The third-order valence-corrected chi connectivity index (χ3v) is 3.77. The third kappa shape index (κ3) is 3.35. The molecule has 0 bridgehead atoms. The highest BCUT2D eigenvalue weighted by Gasteiger charge is 2.14. The van der Waals surface area contributed by atoms with Gasteiger partial charge in [0.25, 0.3) is 5.91 Å². The smallest absolute Gasteiger partial charge is 0.255 e. The van der Waals surface area contributed by atoms with E-state index >= 15 is 0 Å². The summed E-state index contributed by atoms with van der Waals surface area (Å²) in [4.78, 5) is 12.2. The monoisotopic (exact) mass is 344 g/mol. The number of rotatable bonds is 2. The van der Waals surface area contributed by atoms with Crippen molar-refractivity contribution in [2.75, 3.05) is 11.1 Å². The summed E-state index contributed by atoms with van der Waals surface area (Å²) in [5, 5.41) is 12.5. The SMILES string of the molecule is Cc1cc(N)c(Cl)cc1NC(=O)c1cc(Cl)c(O)c(Cl)c1. The van der Waals surface area contributed by atoms with Gasteiger partial charge in [0.1, 0.15) is 0 Å². The first kappa shape index (κ1) is 15.8. The molecule has 4 N–H and O–H groups in total. The quantitative estimate of drug-likeness (QED) is 0.702. The summed E-state index contributed by atoms with van der Waals surface area (Å²) in [6.45, 7) is 1.79. The van der Waals surface area contributed by atoms with Gasteiger partial charge >= 0.3 is 0 Å². The lowest BCUT2D eigenvalue weighted by Gasteiger charge is -2.11. The van der Waals surface area contributed by atoms with Gasteiger partial charge in [-0.25, -0.2) is 0 Å². The van der Waals surface area contributed by atoms with Gasteiger partial charge in [-0.2, -0.15) is 0 Å². The molecule has 0 aliphatic rings. The number of aryl methyl sites for hydroxylation is 1. The first-order valence-corrected chi connectivity index (χ1v) is 6.98. The van der Waals surface area contributed by atoms with Crippen molar-refractivity contribution < 1.29 is 9.90 Å². The van der Waals surface area contributed by atoms with E-state index in [0.29, 0.717) is 16.4 Å². The number of nitrogen functional groups attached to an aromatic ring is 1. The minimum atomic E-state index is -0.428. The molecule has 0 fully saturated rings. The van der Waals surface area contributed by atoms with Crippen LogP contribution in [0.15, 0.2) is 24.3 Å². The highest BCUT2D eigenvalue weighted by Crippen LogP contribution is 2.33. The molecular formula is C14H11Cl3N2O2. The second kappa shape index (κ2) is 6.02. The van der Waals surface area contributed by atoms with Crippen LogP contribution >= 0.6 is 34.8 Å². The standard InChI is InChI=1S/C14H11Cl3N2O2/c1-6-2-11(18)8(15)5-12(6)19-14(21)7-3-9(16)13(20)10(17)4-7/h2-5,20H,18H2,1H3,(H,19,21). The number of amides is 1. The van der Waals surface area contributed by atoms with E-state index in [4.69, 9.17) is 40.5 Å². The van der Waals surface area contributed by atoms with E-state index in [1.807, 2.05) is 0 Å². The molecule has 0 atom stereocenters. The van der Waals surface area contributed by atoms with Crippen LogP contribution in [0, 0.1) is 6.92 Å². The highest BCUT2D eigenvalue weighted by molar-refractivity contribution is 6.37. The molecule has 110 valence electrons. The summed E-state index contributed by atoms with van der Waals surface area (Å²) < 4.78 is 0. The second-order valence-electron chi connectivity index (χ2n) is 4.43. The molecule has 0 saturated carbocycles. The molecule has 4 nitrogen and oxygen atoms in total. The molecule has 2 rings (SSSR count). The van der Waals surface area contributed by atoms with Gasteiger partial charge in [-0.05, 0) is 36.8 Å². The Bertz CT molecular complexity index is 709. The maximum atomic E-state index is 12.2. The van der Waals surface area contributed by atoms with Crippen LogP contribution in [0.1, 0.15) is 15.9 Å². The molecule has 0 aromatic heterocycles. The number of carbonyl (C=O) groups excluding carboxylic acids is 1. The molecule has 0 saturated heterocycles. The summed E-state index contributed by atoms with van der Waals surface area (Å²) in [6.07, 6.45) is 0. The van der Waals surface area contributed by atoms with Crippen LogP contribution in [0.3, 0.4) is 0 Å². The Hall–Kier alpha value is -1.62. The molecule has 2 aromatic rings. The topological polar surface area (TPSA) is 75.3 Å². The zero-order valence-electron chi connectivity index (χ0n) is 10.9. The molecular weight excluding hydrogens is 335 g/mol. The Kier molecular flexibility index (Phi) is 4.52. The van der Waals surface area contributed by atoms with Gasteiger partial charge in [0.05, 0.1) is 20.8 Å². The van der Waals surface area contributed by atoms with Crippen molar-refractivity contribution in [3.05, 3.63) is 50.5 Å². The van der Waals surface area contributed by atoms with Crippen LogP contribution in [0.4, 0.5) is 11.4 Å². The van der Waals surface area contributed by atoms with Crippen molar-refractivity contribution in [1.29, 1.82) is 0 Å². The number of nitrogens with two attached hydrogens (primary N) is 1. The van der Waals surface area contributed by atoms with E-state index < -0.39 is 5.91 Å². The number of hydrogen-bond donors (Lipinski definition) is 3. The Morgan fingerprint density at radius 3 is 2.24 bits per heavy atom. The lowest BCUT2D eigenvalue weighted by molar-refractivity contribution is 0.102. The van der Waals surface area contributed by atoms with Crippen LogP contribution in [0.5, 0.6) is 5.75 Å². The predicted octanol–water partition coefficient (Wildman–Crippen LogP) is 4.50. The van der Waals surface area contributed by atoms with Crippen LogP contribution < -0.4 is 11.1 Å². The number of halogens is 3. The number of phenols is 1. The van der Waals surface area contributed by atoms with Gasteiger partial charge in [-0.3, -0.25) is 4.79 Å². The van der Waals surface area contributed by atoms with Gasteiger partial charge in [0.15, 0.2) is 5.75 Å². The molecule has 0 radical (unpaired) electrons. The molecule has 0 heterocycles. The fourth-order valence-electron chi connectivity index (χ4n) is 1.73. The number of phenolic OH excluding ortho intramolecular Hbond substituents is 1. The Labute approximate surface area is 136 Å². The Balaban J connectivity index is 2.32. The molecule has 0 spiro atoms. The highest BCUT2D eigenvalue weighted by atomic mass is 35.5. The summed E-state index contributed by atoms with van der Waals surface area (Å²) >= 11 is 17.5. The summed E-state index contributed by atoms with van der Waals surface area (Å²) in [5.41, 5.74) is 7.62. The molecule has 2 aromatic carbocycles. The zero-order valence-corrected chi connectivity index (χ0v) is 13.1. The van der Waals surface area contributed by atoms with E-state index in [1.165, 1.54) is 12.1 Å². The van der Waals surface area contributed by atoms with Gasteiger partial charge in [0, 0.05) is 11.3 Å². The van der Waals surface area contributed by atoms with Crippen LogP contribution in [0.25, 0.3) is 0 Å². The fraction of sp³-hybridized carbons (Fsp3) is 0.0714. The van der Waals surface area contributed by atoms with Crippen molar-refractivity contribution in [3.63, 3.8) is 0 Å². The lowest BCUT2D eigenvalue weighted by Crippen LogP contribution is -2.13. The average molecular weight is 346 g/mol. The zero-order chi connectivity index (χ0) is 15.7. The van der Waals surface area contributed by atoms with Gasteiger partial charge in [0.2, 0.25) is 0 Å². The molecule has 0 unspecified atom stereocenters. The normalized spacial score (nSPS) is 10.5. The summed E-state index contributed by atoms with van der Waals surface area (Å²) in [6, 6.07) is 5.88. The molecule has 7 heteroatoms. The lowest BCUT2D eigenvalue weighted by atomic mass is 10.1. The Morgan fingerprint density at radius 1 is 1.10 bits per heavy atom. The Morgan fingerprint density at radius 2 is 1.67 bits per heavy atom. The van der Waals surface area contributed by atoms with Crippen molar-refractivity contribution in [1.82, 2.24) is 0 Å². The molecule has 0 aliphatic heterocycles. The number of aromatic hydroxyl groups is 1. The minimum Gasteiger partial charge on any atom is -0.505 e. The van der Waals surface area contributed by atoms with Crippen molar-refractivity contribution in [3.8, 4) is 5.75 Å². The summed E-state index contributed by atoms with van der Waals surface area (Å²) in [5.74, 6) is -0.690. The maximum absolute atomic E-state index is 12.2. The number of anilines is 2. The van der Waals surface area contributed by atoms with Crippen molar-refractivity contribution in [2.24, 2.45) is 0 Å². The third-order valence-electron chi connectivity index (χ3n) is 2.87. The van der Waals surface area contributed by atoms with Gasteiger partial charge < -0.3 is 16.2 Å². The number of benzene rings is 2. The first-order chi connectivity index (χ1) is 9.79. The fourth-order valence-corrected chi connectivity index (χ4v) is 2.38. The number of hydrogen-bond acceptors (Lipinski definition) is 3. The van der Waals surface area contributed by atoms with Crippen molar-refractivity contribution in [2.45, 2.75) is 6.92 Å². The van der Waals surface area contributed by atoms with Crippen LogP contribution in [0.2, 0.25) is 15.1 Å². The van der Waals surface area contributed by atoms with E-state index in [0.717, 1.165) is 5.56 Å². The van der Waals surface area contributed by atoms with E-state index in [9.17, 15) is 9.90 Å². The first-order valence-electron chi connectivity index (χ1n) is 5.84. The van der Waals surface area contributed by atoms with E-state index in [2.05, 4.69) is 5.32 Å². The van der Waals surface area contributed by atoms with Gasteiger partial charge in [-0.1, -0.05) is 34.8 Å². The molecule has 21 heavy (non-hydrogen) atoms. The van der Waals surface area contributed by atoms with Crippen LogP contribution in [-0.4, -0.2) is 11.0 Å². The largest absolute Gasteiger partial charge is 0.505 e. The maximum Gasteiger partial charge on any atom is 0.255 e. The second-order valence-corrected chi connectivity index (χ2v) is 5.65. The van der Waals surface area contributed by atoms with E-state index in [-0.39, 0.29) is 21.4 Å². The summed E-state index contributed by atoms with van der Waals surface area (Å²) in [7, 11) is 0. The number of carbonyl (C=O) groups is 1. The number of nitrogens with one attached hydrogen (secondary N) is 1. The van der Waals surface area contributed by atoms with Crippen molar-refractivity contribution >= 4 is 52.1 Å². The minimum absolute atomic E-state index is 0.000268. The predicted molar refractivity (Wildman–Crippen MR) is 86.7 cm³/mol. The van der Waals surface area contributed by atoms with E-state index in [1.54, 1.807) is 19.1 Å². The van der Waals surface area contributed by atoms with Gasteiger partial charge in [-0.15, -0.1) is 0 Å². The molecule has 0 aliphatic carbocycles. The van der Waals surface area contributed by atoms with Crippen LogP contribution in [-0.2, 0) is 0 Å².